The van der Waals surface area contributed by atoms with Crippen LogP contribution in [0.1, 0.15) is 15.9 Å². The minimum Gasteiger partial charge on any atom is -0.541 e. The van der Waals surface area contributed by atoms with E-state index in [0.717, 1.165) is 5.56 Å². The van der Waals surface area contributed by atoms with Crippen LogP contribution in [0.2, 0.25) is 0 Å². The van der Waals surface area contributed by atoms with Crippen molar-refractivity contribution >= 4 is 11.8 Å². The van der Waals surface area contributed by atoms with Crippen molar-refractivity contribution in [1.29, 1.82) is 0 Å². The minimum absolute atomic E-state index is 0. The summed E-state index contributed by atoms with van der Waals surface area (Å²) in [7, 11) is 0. The van der Waals surface area contributed by atoms with Crippen molar-refractivity contribution in [3.8, 4) is 0 Å². The molecule has 0 spiro atoms. The molecule has 1 aromatic rings. The minimum atomic E-state index is -1.67. The van der Waals surface area contributed by atoms with Gasteiger partial charge in [-0.2, -0.15) is 0 Å². The number of benzene rings is 1. The fourth-order valence-electron chi connectivity index (χ4n) is 0.823. The first-order valence-corrected chi connectivity index (χ1v) is 3.43. The van der Waals surface area contributed by atoms with Crippen molar-refractivity contribution in [2.45, 2.75) is 6.92 Å². The third-order valence-corrected chi connectivity index (χ3v) is 1.50. The molecule has 4 heteroatoms. The van der Waals surface area contributed by atoms with Crippen molar-refractivity contribution in [3.63, 3.8) is 0 Å². The first-order valence-electron chi connectivity index (χ1n) is 3.43. The Labute approximate surface area is 119 Å². The van der Waals surface area contributed by atoms with Crippen molar-refractivity contribution in [3.05, 3.63) is 35.4 Å². The van der Waals surface area contributed by atoms with E-state index in [0.29, 0.717) is 0 Å². The van der Waals surface area contributed by atoms with Crippen LogP contribution in [0.15, 0.2) is 24.3 Å². The van der Waals surface area contributed by atoms with E-state index in [4.69, 9.17) is 0 Å². The first kappa shape index (κ1) is 13.0. The molecular formula is C9H7KO3. The van der Waals surface area contributed by atoms with Crippen LogP contribution in [-0.4, -0.2) is 11.8 Å². The van der Waals surface area contributed by atoms with Crippen LogP contribution in [0.4, 0.5) is 0 Å². The largest absolute Gasteiger partial charge is 1.00 e. The molecule has 0 fully saturated rings. The van der Waals surface area contributed by atoms with E-state index in [9.17, 15) is 14.7 Å². The SMILES string of the molecule is Cc1ccc(C(=O)C(=O)[O-])cc1.[K+]. The molecule has 0 saturated carbocycles. The van der Waals surface area contributed by atoms with Crippen LogP contribution in [0.25, 0.3) is 0 Å². The number of carboxylic acid groups (broad SMARTS) is 1. The summed E-state index contributed by atoms with van der Waals surface area (Å²) in [5.41, 5.74) is 1.13. The van der Waals surface area contributed by atoms with Gasteiger partial charge in [0.2, 0.25) is 5.78 Å². The average molecular weight is 202 g/mol. The second-order valence-electron chi connectivity index (χ2n) is 2.48. The van der Waals surface area contributed by atoms with Gasteiger partial charge in [0.1, 0.15) is 5.97 Å². The molecule has 13 heavy (non-hydrogen) atoms. The number of aliphatic carboxylic acids is 1. The molecule has 0 saturated heterocycles. The Morgan fingerprint density at radius 3 is 2.00 bits per heavy atom. The maximum absolute atomic E-state index is 10.8. The predicted molar refractivity (Wildman–Crippen MR) is 40.5 cm³/mol. The molecule has 1 aromatic carbocycles. The van der Waals surface area contributed by atoms with Crippen molar-refractivity contribution in [2.24, 2.45) is 0 Å². The zero-order valence-electron chi connectivity index (χ0n) is 7.53. The van der Waals surface area contributed by atoms with Gasteiger partial charge in [-0.25, -0.2) is 0 Å². The molecule has 0 bridgehead atoms. The normalized spacial score (nSPS) is 8.69. The van der Waals surface area contributed by atoms with Gasteiger partial charge in [0.05, 0.1) is 0 Å². The molecule has 0 amide bonds. The van der Waals surface area contributed by atoms with Gasteiger partial charge >= 0.3 is 51.4 Å². The van der Waals surface area contributed by atoms with Gasteiger partial charge in [-0.3, -0.25) is 4.79 Å². The number of hydrogen-bond acceptors (Lipinski definition) is 3. The summed E-state index contributed by atoms with van der Waals surface area (Å²) in [5, 5.41) is 10.1. The third-order valence-electron chi connectivity index (χ3n) is 1.50. The molecule has 0 aliphatic carbocycles. The third kappa shape index (κ3) is 3.70. The van der Waals surface area contributed by atoms with E-state index >= 15 is 0 Å². The van der Waals surface area contributed by atoms with Crippen LogP contribution in [0.5, 0.6) is 0 Å². The molecule has 0 aromatic heterocycles. The molecule has 62 valence electrons. The van der Waals surface area contributed by atoms with E-state index in [2.05, 4.69) is 0 Å². The molecule has 0 N–H and O–H groups in total. The Kier molecular flexibility index (Phi) is 5.67. The Morgan fingerprint density at radius 1 is 1.15 bits per heavy atom. The average Bonchev–Trinajstić information content (AvgIpc) is 2.04. The van der Waals surface area contributed by atoms with E-state index in [1.54, 1.807) is 12.1 Å². The molecular weight excluding hydrogens is 195 g/mol. The van der Waals surface area contributed by atoms with Crippen LogP contribution in [-0.2, 0) is 4.79 Å². The van der Waals surface area contributed by atoms with Crippen molar-refractivity contribution < 1.29 is 66.1 Å². The number of ketones is 1. The Morgan fingerprint density at radius 2 is 1.62 bits per heavy atom. The van der Waals surface area contributed by atoms with Gasteiger partial charge in [-0.05, 0) is 6.92 Å². The first-order chi connectivity index (χ1) is 5.61. The summed E-state index contributed by atoms with van der Waals surface area (Å²) in [6, 6.07) is 6.28. The van der Waals surface area contributed by atoms with Gasteiger partial charge in [0.15, 0.2) is 0 Å². The van der Waals surface area contributed by atoms with Gasteiger partial charge in [0.25, 0.3) is 0 Å². The maximum atomic E-state index is 10.8. The monoisotopic (exact) mass is 202 g/mol. The fourth-order valence-corrected chi connectivity index (χ4v) is 0.823. The molecule has 0 aliphatic heterocycles. The number of carboxylic acids is 1. The van der Waals surface area contributed by atoms with E-state index in [1.807, 2.05) is 6.92 Å². The van der Waals surface area contributed by atoms with Gasteiger partial charge in [-0.1, -0.05) is 29.8 Å². The topological polar surface area (TPSA) is 57.2 Å². The van der Waals surface area contributed by atoms with Gasteiger partial charge < -0.3 is 9.90 Å². The summed E-state index contributed by atoms with van der Waals surface area (Å²) in [4.78, 5) is 20.9. The summed E-state index contributed by atoms with van der Waals surface area (Å²) >= 11 is 0. The van der Waals surface area contributed by atoms with E-state index < -0.39 is 11.8 Å². The predicted octanol–water partition coefficient (Wildman–Crippen LogP) is -3.07. The summed E-state index contributed by atoms with van der Waals surface area (Å²) in [5.74, 6) is -2.64. The van der Waals surface area contributed by atoms with Crippen molar-refractivity contribution in [1.82, 2.24) is 0 Å². The van der Waals surface area contributed by atoms with Crippen molar-refractivity contribution in [2.75, 3.05) is 0 Å². The molecule has 3 nitrogen and oxygen atoms in total. The molecule has 0 radical (unpaired) electrons. The van der Waals surface area contributed by atoms with Crippen LogP contribution in [0, 0.1) is 6.92 Å². The summed E-state index contributed by atoms with van der Waals surface area (Å²) in [6.07, 6.45) is 0. The van der Waals surface area contributed by atoms with Gasteiger partial charge in [0, 0.05) is 5.56 Å². The van der Waals surface area contributed by atoms with Crippen LogP contribution >= 0.6 is 0 Å². The smallest absolute Gasteiger partial charge is 0.541 e. The number of aryl methyl sites for hydroxylation is 1. The summed E-state index contributed by atoms with van der Waals surface area (Å²) < 4.78 is 0. The number of hydrogen-bond donors (Lipinski definition) is 0. The number of carbonyl (C=O) groups is 2. The quantitative estimate of drug-likeness (QED) is 0.290. The molecule has 0 aliphatic rings. The molecule has 0 heterocycles. The van der Waals surface area contributed by atoms with Gasteiger partial charge in [-0.15, -0.1) is 0 Å². The molecule has 1 rings (SSSR count). The Hall–Kier alpha value is -0.00364. The van der Waals surface area contributed by atoms with Crippen LogP contribution in [0.3, 0.4) is 0 Å². The van der Waals surface area contributed by atoms with E-state index in [1.165, 1.54) is 12.1 Å². The standard InChI is InChI=1S/C9H8O3.K/c1-6-2-4-7(5-3-6)8(10)9(11)12;/h2-5H,1H3,(H,11,12);/q;+1/p-1. The zero-order valence-corrected chi connectivity index (χ0v) is 10.7. The Balaban J connectivity index is 0.00000144. The number of Topliss-reactive ketones (excluding diaryl/α,β-unsaturated/α-hetero) is 1. The zero-order chi connectivity index (χ0) is 9.14. The number of carbonyl (C=O) groups excluding carboxylic acids is 2. The second-order valence-corrected chi connectivity index (χ2v) is 2.48. The molecule has 0 unspecified atom stereocenters. The van der Waals surface area contributed by atoms with E-state index in [-0.39, 0.29) is 56.9 Å². The number of rotatable bonds is 2. The maximum Gasteiger partial charge on any atom is 1.00 e. The molecule has 0 atom stereocenters. The Bertz CT molecular complexity index is 316. The second kappa shape index (κ2) is 5.67. The van der Waals surface area contributed by atoms with Crippen LogP contribution < -0.4 is 56.5 Å². The summed E-state index contributed by atoms with van der Waals surface area (Å²) in [6.45, 7) is 1.85. The fraction of sp³-hybridized carbons (Fsp3) is 0.111.